The van der Waals surface area contributed by atoms with Gasteiger partial charge in [0, 0.05) is 12.1 Å². The highest BCUT2D eigenvalue weighted by Gasteiger charge is 2.24. The Bertz CT molecular complexity index is 468. The average Bonchev–Trinajstić information content (AvgIpc) is 2.40. The van der Waals surface area contributed by atoms with Crippen LogP contribution in [0.15, 0.2) is 24.3 Å². The van der Waals surface area contributed by atoms with Crippen molar-refractivity contribution in [1.82, 2.24) is 4.90 Å². The lowest BCUT2D eigenvalue weighted by molar-refractivity contribution is -0.143. The van der Waals surface area contributed by atoms with Gasteiger partial charge in [0.1, 0.15) is 5.84 Å². The standard InChI is InChI=1S/C14H19N3O2.ClH/c15-13(16)11-3-1-10(2-4-11)9-17-7-5-12(6-8-17)14(18)19;/h1-4,12H,5-9H2,(H3,15,16)(H,18,19);1H. The Hall–Kier alpha value is -1.59. The van der Waals surface area contributed by atoms with Gasteiger partial charge in [0.2, 0.25) is 0 Å². The van der Waals surface area contributed by atoms with Crippen molar-refractivity contribution in [2.75, 3.05) is 13.1 Å². The highest BCUT2D eigenvalue weighted by atomic mass is 35.5. The molecule has 110 valence electrons. The fourth-order valence-electron chi connectivity index (χ4n) is 2.39. The first-order valence-corrected chi connectivity index (χ1v) is 6.45. The minimum atomic E-state index is -0.675. The molecule has 4 N–H and O–H groups in total. The molecule has 5 nitrogen and oxygen atoms in total. The van der Waals surface area contributed by atoms with E-state index in [-0.39, 0.29) is 24.2 Å². The molecular formula is C14H20ClN3O2. The van der Waals surface area contributed by atoms with E-state index in [4.69, 9.17) is 16.2 Å². The van der Waals surface area contributed by atoms with E-state index in [1.807, 2.05) is 24.3 Å². The number of nitrogens with one attached hydrogen (secondary N) is 1. The smallest absolute Gasteiger partial charge is 0.306 e. The van der Waals surface area contributed by atoms with Gasteiger partial charge in [0.05, 0.1) is 5.92 Å². The lowest BCUT2D eigenvalue weighted by Crippen LogP contribution is -2.35. The zero-order chi connectivity index (χ0) is 13.8. The second-order valence-corrected chi connectivity index (χ2v) is 5.00. The lowest BCUT2D eigenvalue weighted by Gasteiger charge is -2.30. The molecule has 0 unspecified atom stereocenters. The summed E-state index contributed by atoms with van der Waals surface area (Å²) < 4.78 is 0. The highest BCUT2D eigenvalue weighted by molar-refractivity contribution is 5.94. The third-order valence-electron chi connectivity index (χ3n) is 3.61. The van der Waals surface area contributed by atoms with Crippen LogP contribution >= 0.6 is 12.4 Å². The van der Waals surface area contributed by atoms with Crippen LogP contribution in [0.5, 0.6) is 0 Å². The van der Waals surface area contributed by atoms with Crippen LogP contribution in [-0.4, -0.2) is 34.9 Å². The second-order valence-electron chi connectivity index (χ2n) is 5.00. The minimum Gasteiger partial charge on any atom is -0.481 e. The number of rotatable bonds is 4. The Kier molecular flexibility index (Phi) is 5.98. The molecule has 6 heteroatoms. The zero-order valence-corrected chi connectivity index (χ0v) is 12.0. The minimum absolute atomic E-state index is 0. The molecular weight excluding hydrogens is 278 g/mol. The summed E-state index contributed by atoms with van der Waals surface area (Å²) in [7, 11) is 0. The first-order valence-electron chi connectivity index (χ1n) is 6.45. The Balaban J connectivity index is 0.00000200. The van der Waals surface area contributed by atoms with E-state index < -0.39 is 5.97 Å². The van der Waals surface area contributed by atoms with Gasteiger partial charge in [-0.25, -0.2) is 0 Å². The van der Waals surface area contributed by atoms with E-state index in [1.165, 1.54) is 5.56 Å². The molecule has 0 bridgehead atoms. The van der Waals surface area contributed by atoms with E-state index >= 15 is 0 Å². The van der Waals surface area contributed by atoms with Crippen molar-refractivity contribution in [2.24, 2.45) is 11.7 Å². The van der Waals surface area contributed by atoms with Crippen molar-refractivity contribution in [3.63, 3.8) is 0 Å². The Morgan fingerprint density at radius 3 is 2.30 bits per heavy atom. The van der Waals surface area contributed by atoms with Crippen LogP contribution in [0.3, 0.4) is 0 Å². The fraction of sp³-hybridized carbons (Fsp3) is 0.429. The molecule has 1 saturated heterocycles. The third kappa shape index (κ3) is 4.21. The number of likely N-dealkylation sites (tertiary alicyclic amines) is 1. The normalized spacial score (nSPS) is 16.4. The van der Waals surface area contributed by atoms with Gasteiger partial charge < -0.3 is 10.8 Å². The Labute approximate surface area is 124 Å². The number of benzene rings is 1. The van der Waals surface area contributed by atoms with E-state index in [0.717, 1.165) is 38.0 Å². The lowest BCUT2D eigenvalue weighted by atomic mass is 9.97. The number of nitrogens with zero attached hydrogens (tertiary/aromatic N) is 1. The number of carboxylic acid groups (broad SMARTS) is 1. The number of halogens is 1. The summed E-state index contributed by atoms with van der Waals surface area (Å²) >= 11 is 0. The molecule has 20 heavy (non-hydrogen) atoms. The van der Waals surface area contributed by atoms with Gasteiger partial charge in [-0.1, -0.05) is 24.3 Å². The first kappa shape index (κ1) is 16.5. The largest absolute Gasteiger partial charge is 0.481 e. The van der Waals surface area contributed by atoms with Gasteiger partial charge in [-0.05, 0) is 31.5 Å². The molecule has 0 amide bonds. The number of hydrogen-bond acceptors (Lipinski definition) is 3. The number of carbonyl (C=O) groups is 1. The molecule has 0 atom stereocenters. The van der Waals surface area contributed by atoms with Gasteiger partial charge in [0.25, 0.3) is 0 Å². The SMILES string of the molecule is Cl.N=C(N)c1ccc(CN2CCC(C(=O)O)CC2)cc1. The van der Waals surface area contributed by atoms with Crippen LogP contribution in [0.25, 0.3) is 0 Å². The Morgan fingerprint density at radius 2 is 1.85 bits per heavy atom. The molecule has 0 radical (unpaired) electrons. The predicted octanol–water partition coefficient (Wildman–Crippen LogP) is 1.69. The molecule has 0 saturated carbocycles. The molecule has 1 aromatic rings. The predicted molar refractivity (Wildman–Crippen MR) is 80.3 cm³/mol. The van der Waals surface area contributed by atoms with Crippen LogP contribution in [0, 0.1) is 11.3 Å². The zero-order valence-electron chi connectivity index (χ0n) is 11.2. The molecule has 1 heterocycles. The summed E-state index contributed by atoms with van der Waals surface area (Å²) in [5.41, 5.74) is 7.30. The topological polar surface area (TPSA) is 90.4 Å². The van der Waals surface area contributed by atoms with E-state index in [2.05, 4.69) is 4.90 Å². The summed E-state index contributed by atoms with van der Waals surface area (Å²) in [5.74, 6) is -0.782. The second kappa shape index (κ2) is 7.26. The average molecular weight is 298 g/mol. The van der Waals surface area contributed by atoms with Crippen molar-refractivity contribution in [3.8, 4) is 0 Å². The van der Waals surface area contributed by atoms with Crippen LogP contribution in [0.4, 0.5) is 0 Å². The monoisotopic (exact) mass is 297 g/mol. The van der Waals surface area contributed by atoms with Gasteiger partial charge in [-0.2, -0.15) is 0 Å². The van der Waals surface area contributed by atoms with Gasteiger partial charge >= 0.3 is 5.97 Å². The van der Waals surface area contributed by atoms with Gasteiger partial charge in [0.15, 0.2) is 0 Å². The van der Waals surface area contributed by atoms with E-state index in [1.54, 1.807) is 0 Å². The molecule has 2 rings (SSSR count). The van der Waals surface area contributed by atoms with E-state index in [0.29, 0.717) is 0 Å². The van der Waals surface area contributed by atoms with Crippen LogP contribution in [0.1, 0.15) is 24.0 Å². The fourth-order valence-corrected chi connectivity index (χ4v) is 2.39. The highest BCUT2D eigenvalue weighted by Crippen LogP contribution is 2.19. The maximum Gasteiger partial charge on any atom is 0.306 e. The van der Waals surface area contributed by atoms with Crippen molar-refractivity contribution in [2.45, 2.75) is 19.4 Å². The van der Waals surface area contributed by atoms with Gasteiger partial charge in [-0.15, -0.1) is 12.4 Å². The molecule has 0 aliphatic carbocycles. The number of nitrogens with two attached hydrogens (primary N) is 1. The maximum absolute atomic E-state index is 10.9. The molecule has 1 aliphatic rings. The third-order valence-corrected chi connectivity index (χ3v) is 3.61. The number of piperidine rings is 1. The van der Waals surface area contributed by atoms with E-state index in [9.17, 15) is 4.79 Å². The van der Waals surface area contributed by atoms with Crippen LogP contribution < -0.4 is 5.73 Å². The molecule has 1 aliphatic heterocycles. The summed E-state index contributed by atoms with van der Waals surface area (Å²) in [4.78, 5) is 13.1. The Morgan fingerprint density at radius 1 is 1.30 bits per heavy atom. The summed E-state index contributed by atoms with van der Waals surface area (Å²) in [6.45, 7) is 2.47. The molecule has 1 aromatic carbocycles. The van der Waals surface area contributed by atoms with Crippen LogP contribution in [0.2, 0.25) is 0 Å². The molecule has 0 aromatic heterocycles. The summed E-state index contributed by atoms with van der Waals surface area (Å²) in [6.07, 6.45) is 1.45. The molecule has 0 spiro atoms. The van der Waals surface area contributed by atoms with Crippen molar-refractivity contribution < 1.29 is 9.90 Å². The summed E-state index contributed by atoms with van der Waals surface area (Å²) in [6, 6.07) is 7.64. The van der Waals surface area contributed by atoms with Crippen LogP contribution in [-0.2, 0) is 11.3 Å². The number of nitrogen functional groups attached to an aromatic ring is 1. The van der Waals surface area contributed by atoms with Crippen molar-refractivity contribution >= 4 is 24.2 Å². The number of aliphatic carboxylic acids is 1. The number of amidine groups is 1. The van der Waals surface area contributed by atoms with Crippen molar-refractivity contribution in [1.29, 1.82) is 5.41 Å². The number of hydrogen-bond donors (Lipinski definition) is 3. The molecule has 1 fully saturated rings. The van der Waals surface area contributed by atoms with Crippen molar-refractivity contribution in [3.05, 3.63) is 35.4 Å². The van der Waals surface area contributed by atoms with Gasteiger partial charge in [-0.3, -0.25) is 15.1 Å². The number of carboxylic acids is 1. The first-order chi connectivity index (χ1) is 9.06. The summed E-state index contributed by atoms with van der Waals surface area (Å²) in [5, 5.41) is 16.3. The maximum atomic E-state index is 10.9. The quantitative estimate of drug-likeness (QED) is 0.583.